The van der Waals surface area contributed by atoms with Crippen molar-refractivity contribution in [3.63, 3.8) is 0 Å². The van der Waals surface area contributed by atoms with E-state index in [2.05, 4.69) is 0 Å². The van der Waals surface area contributed by atoms with Gasteiger partial charge in [-0.15, -0.1) is 24.2 Å². The predicted octanol–water partition coefficient (Wildman–Crippen LogP) is -1.57. The summed E-state index contributed by atoms with van der Waals surface area (Å²) in [4.78, 5) is 0. The molecular formula is C7H9BKN3. The Kier molecular flexibility index (Phi) is 9.55. The van der Waals surface area contributed by atoms with E-state index in [9.17, 15) is 0 Å². The molecule has 12 heavy (non-hydrogen) atoms. The molecule has 0 aromatic heterocycles. The maximum atomic E-state index is 8.54. The molecule has 0 spiro atoms. The molecule has 0 aliphatic rings. The molecule has 0 aliphatic heterocycles. The van der Waals surface area contributed by atoms with Crippen LogP contribution in [0.15, 0.2) is 0 Å². The van der Waals surface area contributed by atoms with Gasteiger partial charge in [0.25, 0.3) is 6.15 Å². The number of rotatable bonds is 3. The van der Waals surface area contributed by atoms with Gasteiger partial charge < -0.3 is 0 Å². The normalized spacial score (nSPS) is 8.50. The Labute approximate surface area is 116 Å². The number of unbranched alkanes of at least 4 members (excludes halogenated alkanes) is 1. The summed E-state index contributed by atoms with van der Waals surface area (Å²) < 4.78 is 0. The summed E-state index contributed by atoms with van der Waals surface area (Å²) in [5.41, 5.74) is 0. The summed E-state index contributed by atoms with van der Waals surface area (Å²) in [6.07, 6.45) is 0.0569. The summed E-state index contributed by atoms with van der Waals surface area (Å²) in [5.74, 6) is 5.37. The minimum absolute atomic E-state index is 0. The van der Waals surface area contributed by atoms with Gasteiger partial charge in [-0.1, -0.05) is 19.8 Å². The van der Waals surface area contributed by atoms with E-state index >= 15 is 0 Å². The number of hydrogen-bond donors (Lipinski definition) is 0. The van der Waals surface area contributed by atoms with Gasteiger partial charge in [-0.25, -0.2) is 15.8 Å². The average molecular weight is 185 g/mol. The minimum atomic E-state index is -2.04. The minimum Gasteiger partial charge on any atom is -0.247 e. The van der Waals surface area contributed by atoms with E-state index in [1.54, 1.807) is 17.9 Å². The molecule has 0 fully saturated rings. The molecular weight excluding hydrogens is 176 g/mol. The third-order valence-electron chi connectivity index (χ3n) is 1.65. The molecule has 56 valence electrons. The molecule has 0 bridgehead atoms. The van der Waals surface area contributed by atoms with Gasteiger partial charge in [0.05, 0.1) is 0 Å². The fourth-order valence-electron chi connectivity index (χ4n) is 0.791. The van der Waals surface area contributed by atoms with Gasteiger partial charge in [0.2, 0.25) is 0 Å². The van der Waals surface area contributed by atoms with Crippen molar-refractivity contribution in [3.05, 3.63) is 0 Å². The second-order valence-corrected chi connectivity index (χ2v) is 2.57. The van der Waals surface area contributed by atoms with Crippen LogP contribution >= 0.6 is 0 Å². The van der Waals surface area contributed by atoms with Gasteiger partial charge in [-0.05, 0) is 0 Å². The maximum Gasteiger partial charge on any atom is 1.00 e. The van der Waals surface area contributed by atoms with Crippen molar-refractivity contribution in [3.8, 4) is 17.9 Å². The van der Waals surface area contributed by atoms with Crippen molar-refractivity contribution in [2.24, 2.45) is 0 Å². The molecule has 0 atom stereocenters. The van der Waals surface area contributed by atoms with E-state index < -0.39 is 6.15 Å². The Morgan fingerprint density at radius 3 is 1.75 bits per heavy atom. The van der Waals surface area contributed by atoms with Crippen LogP contribution < -0.4 is 51.4 Å². The fourth-order valence-corrected chi connectivity index (χ4v) is 0.791. The second kappa shape index (κ2) is 7.80. The van der Waals surface area contributed by atoms with Crippen LogP contribution in [0.25, 0.3) is 0 Å². The summed E-state index contributed by atoms with van der Waals surface area (Å²) in [5, 5.41) is 25.6. The van der Waals surface area contributed by atoms with Gasteiger partial charge >= 0.3 is 51.4 Å². The van der Waals surface area contributed by atoms with Crippen LogP contribution in [0, 0.1) is 33.7 Å². The van der Waals surface area contributed by atoms with E-state index in [4.69, 9.17) is 15.8 Å². The summed E-state index contributed by atoms with van der Waals surface area (Å²) >= 11 is 0. The Morgan fingerprint density at radius 1 is 1.08 bits per heavy atom. The van der Waals surface area contributed by atoms with Gasteiger partial charge in [-0.2, -0.15) is 0 Å². The first kappa shape index (κ1) is 14.7. The Balaban J connectivity index is 0. The van der Waals surface area contributed by atoms with Crippen molar-refractivity contribution >= 4 is 6.15 Å². The summed E-state index contributed by atoms with van der Waals surface area (Å²) in [6.45, 7) is 1.97. The quantitative estimate of drug-likeness (QED) is 0.498. The zero-order chi connectivity index (χ0) is 8.74. The molecule has 0 aromatic carbocycles. The Hall–Kier alpha value is 0.171. The Bertz CT molecular complexity index is 209. The van der Waals surface area contributed by atoms with E-state index in [1.165, 1.54) is 0 Å². The molecule has 0 aliphatic carbocycles. The zero-order valence-electron chi connectivity index (χ0n) is 7.54. The number of hydrogen-bond acceptors (Lipinski definition) is 3. The molecule has 0 saturated heterocycles. The predicted molar refractivity (Wildman–Crippen MR) is 42.3 cm³/mol. The summed E-state index contributed by atoms with van der Waals surface area (Å²) in [7, 11) is 0. The van der Waals surface area contributed by atoms with Gasteiger partial charge in [-0.3, -0.25) is 0 Å². The fraction of sp³-hybridized carbons (Fsp3) is 0.571. The van der Waals surface area contributed by atoms with Crippen LogP contribution in [0.4, 0.5) is 0 Å². The van der Waals surface area contributed by atoms with E-state index in [1.807, 2.05) is 6.92 Å². The maximum absolute atomic E-state index is 8.54. The van der Waals surface area contributed by atoms with Gasteiger partial charge in [0.1, 0.15) is 0 Å². The van der Waals surface area contributed by atoms with Gasteiger partial charge in [0.15, 0.2) is 0 Å². The van der Waals surface area contributed by atoms with Crippen molar-refractivity contribution in [2.45, 2.75) is 26.1 Å². The average Bonchev–Trinajstić information content (AvgIpc) is 2.08. The molecule has 0 N–H and O–H groups in total. The standard InChI is InChI=1S/C7H9BN3.K/c1-2-3-4-8(5-9,6-10)7-11;/h2-4H2,1H3;/q-1;+1. The van der Waals surface area contributed by atoms with Crippen molar-refractivity contribution in [1.82, 2.24) is 0 Å². The van der Waals surface area contributed by atoms with Crippen LogP contribution in [-0.2, 0) is 0 Å². The molecule has 3 nitrogen and oxygen atoms in total. The number of nitriles is 3. The van der Waals surface area contributed by atoms with Crippen LogP contribution in [-0.4, -0.2) is 6.15 Å². The first-order valence-corrected chi connectivity index (χ1v) is 3.65. The number of nitrogens with zero attached hydrogens (tertiary/aromatic N) is 3. The first-order valence-electron chi connectivity index (χ1n) is 3.65. The largest absolute Gasteiger partial charge is 1.00 e. The molecule has 0 rings (SSSR count). The zero-order valence-corrected chi connectivity index (χ0v) is 10.7. The molecule has 0 amide bonds. The summed E-state index contributed by atoms with van der Waals surface area (Å²) in [6, 6.07) is 0. The van der Waals surface area contributed by atoms with Crippen LogP contribution in [0.3, 0.4) is 0 Å². The second-order valence-electron chi connectivity index (χ2n) is 2.57. The molecule has 0 saturated carbocycles. The van der Waals surface area contributed by atoms with E-state index in [0.29, 0.717) is 6.32 Å². The molecule has 5 heteroatoms. The third kappa shape index (κ3) is 4.26. The SMILES string of the molecule is CCCC[B-](C#N)(C#N)C#N.[K+]. The van der Waals surface area contributed by atoms with Gasteiger partial charge in [0, 0.05) is 0 Å². The van der Waals surface area contributed by atoms with Crippen molar-refractivity contribution in [1.29, 1.82) is 15.8 Å². The Morgan fingerprint density at radius 2 is 1.50 bits per heavy atom. The monoisotopic (exact) mass is 185 g/mol. The van der Waals surface area contributed by atoms with Crippen LogP contribution in [0.2, 0.25) is 6.32 Å². The molecule has 0 radical (unpaired) electrons. The topological polar surface area (TPSA) is 71.4 Å². The van der Waals surface area contributed by atoms with E-state index in [0.717, 1.165) is 12.8 Å². The molecule has 0 unspecified atom stereocenters. The van der Waals surface area contributed by atoms with Crippen LogP contribution in [0.1, 0.15) is 19.8 Å². The van der Waals surface area contributed by atoms with Crippen molar-refractivity contribution < 1.29 is 51.4 Å². The molecule has 0 heterocycles. The first-order chi connectivity index (χ1) is 5.24. The molecule has 0 aromatic rings. The smallest absolute Gasteiger partial charge is 0.247 e. The van der Waals surface area contributed by atoms with E-state index in [-0.39, 0.29) is 51.4 Å². The van der Waals surface area contributed by atoms with Crippen molar-refractivity contribution in [2.75, 3.05) is 0 Å². The van der Waals surface area contributed by atoms with Crippen LogP contribution in [0.5, 0.6) is 0 Å². The third-order valence-corrected chi connectivity index (χ3v) is 1.65.